The molecular weight excluding hydrogens is 349 g/mol. The van der Waals surface area contributed by atoms with Crippen molar-refractivity contribution in [2.75, 3.05) is 11.9 Å². The van der Waals surface area contributed by atoms with Gasteiger partial charge in [0.2, 0.25) is 0 Å². The summed E-state index contributed by atoms with van der Waals surface area (Å²) in [6.45, 7) is 5.79. The molecule has 2 heterocycles. The van der Waals surface area contributed by atoms with Crippen LogP contribution in [0.15, 0.2) is 21.8 Å². The monoisotopic (exact) mass is 367 g/mol. The number of halogens is 1. The molecule has 0 spiro atoms. The lowest BCUT2D eigenvalue weighted by Crippen LogP contribution is -2.18. The van der Waals surface area contributed by atoms with Gasteiger partial charge in [-0.05, 0) is 26.8 Å². The van der Waals surface area contributed by atoms with Gasteiger partial charge >= 0.3 is 6.09 Å². The maximum absolute atomic E-state index is 14.2. The molecule has 0 atom stereocenters. The third-order valence-electron chi connectivity index (χ3n) is 3.49. The fourth-order valence-electron chi connectivity index (χ4n) is 2.32. The standard InChI is InChI=1S/C16H18FN3O4S/c1-4-22-15(21)18-11-6-13-9(5-10(11)17)12(19-23-13)8-25-14-7-16(2,3)24-20-14/h5-6H,4,7-8H2,1-3H3,(H,18,21). The van der Waals surface area contributed by atoms with Gasteiger partial charge in [0, 0.05) is 23.6 Å². The predicted molar refractivity (Wildman–Crippen MR) is 93.1 cm³/mol. The highest BCUT2D eigenvalue weighted by atomic mass is 32.2. The van der Waals surface area contributed by atoms with Crippen molar-refractivity contribution in [2.24, 2.45) is 5.16 Å². The maximum atomic E-state index is 14.2. The number of hydrogen-bond acceptors (Lipinski definition) is 7. The molecule has 0 saturated heterocycles. The molecule has 1 aliphatic heterocycles. The number of benzene rings is 1. The summed E-state index contributed by atoms with van der Waals surface area (Å²) in [7, 11) is 0. The zero-order chi connectivity index (χ0) is 18.0. The maximum Gasteiger partial charge on any atom is 0.411 e. The number of carbonyl (C=O) groups is 1. The molecule has 1 N–H and O–H groups in total. The molecule has 3 rings (SSSR count). The van der Waals surface area contributed by atoms with E-state index < -0.39 is 11.9 Å². The Morgan fingerprint density at radius 3 is 2.96 bits per heavy atom. The average molecular weight is 367 g/mol. The van der Waals surface area contributed by atoms with Crippen molar-refractivity contribution >= 4 is 39.6 Å². The van der Waals surface area contributed by atoms with E-state index in [4.69, 9.17) is 14.1 Å². The Kier molecular flexibility index (Phi) is 4.85. The molecule has 9 heteroatoms. The number of carbonyl (C=O) groups excluding carboxylic acids is 1. The molecule has 0 unspecified atom stereocenters. The summed E-state index contributed by atoms with van der Waals surface area (Å²) >= 11 is 1.48. The number of amides is 1. The van der Waals surface area contributed by atoms with Gasteiger partial charge in [0.25, 0.3) is 0 Å². The van der Waals surface area contributed by atoms with E-state index in [2.05, 4.69) is 15.6 Å². The number of nitrogens with zero attached hydrogens (tertiary/aromatic N) is 2. The summed E-state index contributed by atoms with van der Waals surface area (Å²) in [6, 6.07) is 2.68. The normalized spacial score (nSPS) is 15.8. The molecule has 0 bridgehead atoms. The van der Waals surface area contributed by atoms with Crippen molar-refractivity contribution in [3.05, 3.63) is 23.6 Å². The average Bonchev–Trinajstić information content (AvgIpc) is 3.08. The van der Waals surface area contributed by atoms with Gasteiger partial charge in [-0.3, -0.25) is 5.32 Å². The molecular formula is C16H18FN3O4S. The first-order valence-electron chi connectivity index (χ1n) is 7.77. The zero-order valence-electron chi connectivity index (χ0n) is 14.1. The Balaban J connectivity index is 1.73. The summed E-state index contributed by atoms with van der Waals surface area (Å²) in [5.74, 6) is -0.104. The summed E-state index contributed by atoms with van der Waals surface area (Å²) in [6.07, 6.45) is -0.00648. The van der Waals surface area contributed by atoms with Crippen LogP contribution >= 0.6 is 11.8 Å². The SMILES string of the molecule is CCOC(=O)Nc1cc2onc(CSC3=NOC(C)(C)C3)c2cc1F. The van der Waals surface area contributed by atoms with Crippen LogP contribution in [0.3, 0.4) is 0 Å². The Hall–Kier alpha value is -2.29. The highest BCUT2D eigenvalue weighted by Crippen LogP contribution is 2.32. The van der Waals surface area contributed by atoms with E-state index in [9.17, 15) is 9.18 Å². The Morgan fingerprint density at radius 2 is 2.28 bits per heavy atom. The van der Waals surface area contributed by atoms with Crippen LogP contribution in [0.1, 0.15) is 32.9 Å². The minimum atomic E-state index is -0.724. The van der Waals surface area contributed by atoms with Gasteiger partial charge in [0.1, 0.15) is 22.2 Å². The number of hydrogen-bond donors (Lipinski definition) is 1. The van der Waals surface area contributed by atoms with Crippen molar-refractivity contribution < 1.29 is 23.3 Å². The first-order chi connectivity index (χ1) is 11.9. The summed E-state index contributed by atoms with van der Waals surface area (Å²) < 4.78 is 24.2. The Morgan fingerprint density at radius 1 is 1.48 bits per heavy atom. The van der Waals surface area contributed by atoms with Gasteiger partial charge in [-0.2, -0.15) is 0 Å². The van der Waals surface area contributed by atoms with Crippen LogP contribution in [-0.4, -0.2) is 28.5 Å². The molecule has 25 heavy (non-hydrogen) atoms. The quantitative estimate of drug-likeness (QED) is 0.868. The zero-order valence-corrected chi connectivity index (χ0v) is 14.9. The van der Waals surface area contributed by atoms with Gasteiger partial charge in [-0.25, -0.2) is 9.18 Å². The first kappa shape index (κ1) is 17.5. The van der Waals surface area contributed by atoms with E-state index >= 15 is 0 Å². The molecule has 7 nitrogen and oxygen atoms in total. The van der Waals surface area contributed by atoms with Crippen molar-refractivity contribution in [3.8, 4) is 0 Å². The molecule has 0 radical (unpaired) electrons. The smallest absolute Gasteiger partial charge is 0.411 e. The van der Waals surface area contributed by atoms with Crippen LogP contribution in [0, 0.1) is 5.82 Å². The van der Waals surface area contributed by atoms with E-state index in [1.165, 1.54) is 23.9 Å². The second-order valence-corrected chi connectivity index (χ2v) is 7.15. The molecule has 1 amide bonds. The second kappa shape index (κ2) is 6.91. The largest absolute Gasteiger partial charge is 0.450 e. The first-order valence-corrected chi connectivity index (χ1v) is 8.76. The van der Waals surface area contributed by atoms with Gasteiger partial charge in [0.05, 0.1) is 12.3 Å². The van der Waals surface area contributed by atoms with Crippen LogP contribution in [-0.2, 0) is 15.3 Å². The van der Waals surface area contributed by atoms with Crippen LogP contribution in [0.25, 0.3) is 11.0 Å². The molecule has 1 aromatic carbocycles. The second-order valence-electron chi connectivity index (χ2n) is 6.10. The van der Waals surface area contributed by atoms with E-state index in [-0.39, 0.29) is 17.9 Å². The van der Waals surface area contributed by atoms with E-state index in [0.29, 0.717) is 22.4 Å². The van der Waals surface area contributed by atoms with Gasteiger partial charge < -0.3 is 14.1 Å². The van der Waals surface area contributed by atoms with Gasteiger partial charge in [-0.1, -0.05) is 10.3 Å². The van der Waals surface area contributed by atoms with Crippen molar-refractivity contribution in [2.45, 2.75) is 38.5 Å². The summed E-state index contributed by atoms with van der Waals surface area (Å²) in [5.41, 5.74) is 0.674. The number of thioether (sulfide) groups is 1. The Bertz CT molecular complexity index is 834. The van der Waals surface area contributed by atoms with Crippen LogP contribution in [0.4, 0.5) is 14.9 Å². The van der Waals surface area contributed by atoms with E-state index in [1.54, 1.807) is 6.92 Å². The Labute approximate surface area is 147 Å². The fraction of sp³-hybridized carbons (Fsp3) is 0.438. The lowest BCUT2D eigenvalue weighted by molar-refractivity contribution is 0.0123. The number of oxime groups is 1. The van der Waals surface area contributed by atoms with Crippen LogP contribution < -0.4 is 5.32 Å². The van der Waals surface area contributed by atoms with Crippen molar-refractivity contribution in [1.82, 2.24) is 5.16 Å². The number of ether oxygens (including phenoxy) is 1. The molecule has 2 aromatic rings. The fourth-order valence-corrected chi connectivity index (χ4v) is 3.37. The number of anilines is 1. The molecule has 0 fully saturated rings. The molecule has 0 aliphatic carbocycles. The van der Waals surface area contributed by atoms with Gasteiger partial charge in [0.15, 0.2) is 5.58 Å². The molecule has 0 saturated carbocycles. The minimum absolute atomic E-state index is 0.0170. The third-order valence-corrected chi connectivity index (χ3v) is 4.46. The number of nitrogens with one attached hydrogen (secondary N) is 1. The minimum Gasteiger partial charge on any atom is -0.450 e. The van der Waals surface area contributed by atoms with Crippen LogP contribution in [0.5, 0.6) is 0 Å². The lowest BCUT2D eigenvalue weighted by Gasteiger charge is -2.12. The van der Waals surface area contributed by atoms with Crippen LogP contribution in [0.2, 0.25) is 0 Å². The highest BCUT2D eigenvalue weighted by Gasteiger charge is 2.29. The third kappa shape index (κ3) is 4.04. The number of rotatable bonds is 4. The van der Waals surface area contributed by atoms with E-state index in [0.717, 1.165) is 11.5 Å². The lowest BCUT2D eigenvalue weighted by atomic mass is 10.1. The van der Waals surface area contributed by atoms with Crippen molar-refractivity contribution in [1.29, 1.82) is 0 Å². The summed E-state index contributed by atoms with van der Waals surface area (Å²) in [4.78, 5) is 16.7. The molecule has 134 valence electrons. The van der Waals surface area contributed by atoms with Crippen molar-refractivity contribution in [3.63, 3.8) is 0 Å². The predicted octanol–water partition coefficient (Wildman–Crippen LogP) is 4.28. The number of fused-ring (bicyclic) bond motifs is 1. The van der Waals surface area contributed by atoms with Gasteiger partial charge in [-0.15, -0.1) is 11.8 Å². The topological polar surface area (TPSA) is 86.0 Å². The molecule has 1 aromatic heterocycles. The highest BCUT2D eigenvalue weighted by molar-refractivity contribution is 8.13. The van der Waals surface area contributed by atoms with E-state index in [1.807, 2.05) is 13.8 Å². The number of aromatic nitrogens is 1. The molecule has 1 aliphatic rings. The summed E-state index contributed by atoms with van der Waals surface area (Å²) in [5, 5.41) is 11.8.